The van der Waals surface area contributed by atoms with Crippen LogP contribution in [0.5, 0.6) is 0 Å². The number of ether oxygens (including phenoxy) is 1. The van der Waals surface area contributed by atoms with Gasteiger partial charge in [0, 0.05) is 12.8 Å². The first kappa shape index (κ1) is 76.8. The highest BCUT2D eigenvalue weighted by Gasteiger charge is 2.18. The Morgan fingerprint density at radius 2 is 0.633 bits per heavy atom. The molecule has 2 unspecified atom stereocenters. The molecule has 6 heteroatoms. The minimum atomic E-state index is -0.853. The van der Waals surface area contributed by atoms with Gasteiger partial charge in [0.1, 0.15) is 0 Å². The number of unbranched alkanes of at least 4 members (excludes halogenated alkanes) is 49. The van der Waals surface area contributed by atoms with Gasteiger partial charge in [0.15, 0.2) is 0 Å². The van der Waals surface area contributed by atoms with Crippen LogP contribution in [0.2, 0.25) is 0 Å². The second kappa shape index (κ2) is 68.3. The van der Waals surface area contributed by atoms with Crippen molar-refractivity contribution in [2.75, 3.05) is 13.2 Å². The van der Waals surface area contributed by atoms with Gasteiger partial charge in [-0.3, -0.25) is 9.59 Å². The molecule has 464 valence electrons. The molecule has 0 aliphatic rings. The third kappa shape index (κ3) is 64.8. The molecule has 0 aromatic carbocycles. The molecule has 0 aliphatic carbocycles. The molecule has 0 fully saturated rings. The number of esters is 1. The van der Waals surface area contributed by atoms with E-state index in [2.05, 4.69) is 55.6 Å². The number of allylic oxidation sites excluding steroid dienone is 7. The van der Waals surface area contributed by atoms with Crippen LogP contribution in [0.15, 0.2) is 48.6 Å². The van der Waals surface area contributed by atoms with Crippen molar-refractivity contribution in [3.05, 3.63) is 48.6 Å². The van der Waals surface area contributed by atoms with Crippen molar-refractivity contribution in [1.82, 2.24) is 5.32 Å². The second-order valence-corrected chi connectivity index (χ2v) is 24.2. The van der Waals surface area contributed by atoms with Gasteiger partial charge in [0.05, 0.1) is 25.4 Å². The SMILES string of the molecule is CCCCCCCC/C=C\CCCCCCCCCCCC(=O)OCCCCCCCCCCC/C=C\C/C=C\CCCCCCCCCC(=O)NC(CO)C(O)/C=C/CCCCCCCCCCCCCCCCCCCC. The normalized spacial score (nSPS) is 12.8. The molecule has 0 saturated carbocycles. The Hall–Kier alpha value is -2.18. The molecule has 0 radical (unpaired) electrons. The lowest BCUT2D eigenvalue weighted by Gasteiger charge is -2.20. The number of carbonyl (C=O) groups is 2. The summed E-state index contributed by atoms with van der Waals surface area (Å²) in [7, 11) is 0. The molecule has 0 aliphatic heterocycles. The fourth-order valence-electron chi connectivity index (χ4n) is 10.9. The first-order chi connectivity index (χ1) is 39.0. The molecule has 1 amide bonds. The standard InChI is InChI=1S/C73H137NO5/c1-3-5-7-9-11-13-15-17-19-21-23-30-33-37-41-45-49-53-57-61-65-71(76)70(69-75)74-72(77)66-62-58-54-50-46-42-38-34-31-27-25-24-26-28-32-36-40-44-48-52-56-60-64-68-79-73(78)67-63-59-55-51-47-43-39-35-29-22-20-18-16-14-12-10-8-6-4-2/h18,20,24,26-27,31,61,65,70-71,75-76H,3-17,19,21-23,25,28-30,32-60,62-64,66-69H2,1-2H3,(H,74,77)/b20-18-,26-24-,31-27-,65-61+. The fraction of sp³-hybridized carbons (Fsp3) is 0.863. The Morgan fingerprint density at radius 1 is 0.354 bits per heavy atom. The van der Waals surface area contributed by atoms with E-state index in [1.54, 1.807) is 6.08 Å². The zero-order chi connectivity index (χ0) is 57.1. The van der Waals surface area contributed by atoms with Gasteiger partial charge in [-0.15, -0.1) is 0 Å². The van der Waals surface area contributed by atoms with E-state index in [0.717, 1.165) is 64.2 Å². The fourth-order valence-corrected chi connectivity index (χ4v) is 10.9. The molecule has 0 aromatic rings. The molecule has 79 heavy (non-hydrogen) atoms. The highest BCUT2D eigenvalue weighted by Crippen LogP contribution is 2.18. The summed E-state index contributed by atoms with van der Waals surface area (Å²) in [6.45, 7) is 4.92. The van der Waals surface area contributed by atoms with E-state index in [0.29, 0.717) is 19.4 Å². The molecular weight excluding hydrogens is 971 g/mol. The third-order valence-electron chi connectivity index (χ3n) is 16.3. The molecule has 0 bridgehead atoms. The number of hydrogen-bond donors (Lipinski definition) is 3. The quantitative estimate of drug-likeness (QED) is 0.0320. The molecule has 0 aromatic heterocycles. The van der Waals surface area contributed by atoms with Crippen molar-refractivity contribution >= 4 is 11.9 Å². The number of rotatable bonds is 66. The summed E-state index contributed by atoms with van der Waals surface area (Å²) in [4.78, 5) is 24.6. The van der Waals surface area contributed by atoms with Gasteiger partial charge in [-0.2, -0.15) is 0 Å². The number of aliphatic hydroxyl groups excluding tert-OH is 2. The van der Waals surface area contributed by atoms with Crippen molar-refractivity contribution in [1.29, 1.82) is 0 Å². The lowest BCUT2D eigenvalue weighted by atomic mass is 10.0. The number of aliphatic hydroxyl groups is 2. The summed E-state index contributed by atoms with van der Waals surface area (Å²) in [5.74, 6) is -0.0694. The van der Waals surface area contributed by atoms with Crippen LogP contribution < -0.4 is 5.32 Å². The molecule has 3 N–H and O–H groups in total. The largest absolute Gasteiger partial charge is 0.466 e. The molecule has 0 heterocycles. The lowest BCUT2D eigenvalue weighted by Crippen LogP contribution is -2.45. The van der Waals surface area contributed by atoms with Gasteiger partial charge in [-0.1, -0.05) is 326 Å². The molecule has 2 atom stereocenters. The van der Waals surface area contributed by atoms with Gasteiger partial charge in [-0.05, 0) is 89.9 Å². The maximum absolute atomic E-state index is 12.5. The van der Waals surface area contributed by atoms with Crippen molar-refractivity contribution < 1.29 is 24.5 Å². The van der Waals surface area contributed by atoms with Gasteiger partial charge >= 0.3 is 5.97 Å². The Balaban J connectivity index is 3.46. The molecule has 0 rings (SSSR count). The average molecular weight is 1110 g/mol. The van der Waals surface area contributed by atoms with Gasteiger partial charge in [0.25, 0.3) is 0 Å². The lowest BCUT2D eigenvalue weighted by molar-refractivity contribution is -0.143. The zero-order valence-corrected chi connectivity index (χ0v) is 53.1. The van der Waals surface area contributed by atoms with Crippen LogP contribution in [0.3, 0.4) is 0 Å². The predicted octanol–water partition coefficient (Wildman–Crippen LogP) is 22.9. The first-order valence-corrected chi connectivity index (χ1v) is 35.4. The number of nitrogens with one attached hydrogen (secondary N) is 1. The third-order valence-corrected chi connectivity index (χ3v) is 16.3. The Morgan fingerprint density at radius 3 is 0.975 bits per heavy atom. The highest BCUT2D eigenvalue weighted by atomic mass is 16.5. The predicted molar refractivity (Wildman–Crippen MR) is 347 cm³/mol. The van der Waals surface area contributed by atoms with E-state index in [1.165, 1.54) is 289 Å². The first-order valence-electron chi connectivity index (χ1n) is 35.4. The topological polar surface area (TPSA) is 95.9 Å². The molecular formula is C73H137NO5. The van der Waals surface area contributed by atoms with E-state index in [4.69, 9.17) is 4.74 Å². The number of amides is 1. The second-order valence-electron chi connectivity index (χ2n) is 24.2. The van der Waals surface area contributed by atoms with Crippen molar-refractivity contribution in [2.45, 2.75) is 392 Å². The van der Waals surface area contributed by atoms with Crippen LogP contribution in [0, 0.1) is 0 Å². The molecule has 0 saturated heterocycles. The smallest absolute Gasteiger partial charge is 0.305 e. The highest BCUT2D eigenvalue weighted by molar-refractivity contribution is 5.76. The van der Waals surface area contributed by atoms with E-state index < -0.39 is 12.1 Å². The van der Waals surface area contributed by atoms with Crippen LogP contribution in [-0.2, 0) is 14.3 Å². The molecule has 0 spiro atoms. The van der Waals surface area contributed by atoms with Gasteiger partial charge in [-0.25, -0.2) is 0 Å². The van der Waals surface area contributed by atoms with Gasteiger partial charge < -0.3 is 20.3 Å². The van der Waals surface area contributed by atoms with Crippen LogP contribution in [0.25, 0.3) is 0 Å². The van der Waals surface area contributed by atoms with E-state index in [9.17, 15) is 19.8 Å². The minimum absolute atomic E-state index is 0.00640. The van der Waals surface area contributed by atoms with E-state index >= 15 is 0 Å². The van der Waals surface area contributed by atoms with Crippen molar-refractivity contribution in [2.24, 2.45) is 0 Å². The Labute approximate surface area is 493 Å². The van der Waals surface area contributed by atoms with Crippen LogP contribution in [-0.4, -0.2) is 47.4 Å². The molecule has 6 nitrogen and oxygen atoms in total. The maximum atomic E-state index is 12.5. The summed E-state index contributed by atoms with van der Waals surface area (Å²) in [5, 5.41) is 23.2. The maximum Gasteiger partial charge on any atom is 0.305 e. The monoisotopic (exact) mass is 1110 g/mol. The Bertz CT molecular complexity index is 1320. The van der Waals surface area contributed by atoms with Crippen LogP contribution >= 0.6 is 0 Å². The number of carbonyl (C=O) groups excluding carboxylic acids is 2. The van der Waals surface area contributed by atoms with Crippen LogP contribution in [0.4, 0.5) is 0 Å². The van der Waals surface area contributed by atoms with Crippen molar-refractivity contribution in [3.8, 4) is 0 Å². The van der Waals surface area contributed by atoms with E-state index in [-0.39, 0.29) is 18.5 Å². The zero-order valence-electron chi connectivity index (χ0n) is 53.1. The minimum Gasteiger partial charge on any atom is -0.466 e. The summed E-state index contributed by atoms with van der Waals surface area (Å²) >= 11 is 0. The summed E-state index contributed by atoms with van der Waals surface area (Å²) in [6, 6.07) is -0.637. The summed E-state index contributed by atoms with van der Waals surface area (Å²) in [5.41, 5.74) is 0. The average Bonchev–Trinajstić information content (AvgIpc) is 3.45. The van der Waals surface area contributed by atoms with E-state index in [1.807, 2.05) is 6.08 Å². The summed E-state index contributed by atoms with van der Waals surface area (Å²) < 4.78 is 5.50. The Kier molecular flexibility index (Phi) is 66.4. The summed E-state index contributed by atoms with van der Waals surface area (Å²) in [6.07, 6.45) is 88.9. The van der Waals surface area contributed by atoms with Gasteiger partial charge in [0.2, 0.25) is 5.91 Å². The van der Waals surface area contributed by atoms with Crippen LogP contribution in [0.1, 0.15) is 380 Å². The number of hydrogen-bond acceptors (Lipinski definition) is 5. The van der Waals surface area contributed by atoms with Crippen molar-refractivity contribution in [3.63, 3.8) is 0 Å².